The van der Waals surface area contributed by atoms with Crippen LogP contribution in [0.5, 0.6) is 0 Å². The van der Waals surface area contributed by atoms with Crippen LogP contribution in [0.2, 0.25) is 0 Å². The summed E-state index contributed by atoms with van der Waals surface area (Å²) in [6.07, 6.45) is 1.13. The number of amides is 1. The molecule has 0 aromatic heterocycles. The molecule has 1 fully saturated rings. The van der Waals surface area contributed by atoms with Crippen molar-refractivity contribution < 1.29 is 4.79 Å². The first-order valence-corrected chi connectivity index (χ1v) is 6.00. The van der Waals surface area contributed by atoms with Gasteiger partial charge in [-0.25, -0.2) is 0 Å². The smallest absolute Gasteiger partial charge is 0.254 e. The molecular formula is C14H19NO. The molecule has 0 radical (unpaired) electrons. The summed E-state index contributed by atoms with van der Waals surface area (Å²) < 4.78 is 0. The van der Waals surface area contributed by atoms with Crippen molar-refractivity contribution >= 4 is 5.91 Å². The van der Waals surface area contributed by atoms with Gasteiger partial charge in [0.2, 0.25) is 0 Å². The molecule has 1 aromatic carbocycles. The zero-order chi connectivity index (χ0) is 11.7. The van der Waals surface area contributed by atoms with Crippen LogP contribution >= 0.6 is 0 Å². The average Bonchev–Trinajstić information content (AvgIpc) is 2.27. The molecule has 1 aliphatic rings. The Balaban J connectivity index is 2.20. The second-order valence-corrected chi connectivity index (χ2v) is 4.92. The zero-order valence-electron chi connectivity index (χ0n) is 10.2. The molecule has 1 atom stereocenters. The van der Waals surface area contributed by atoms with Crippen LogP contribution in [0.3, 0.4) is 0 Å². The van der Waals surface area contributed by atoms with E-state index in [9.17, 15) is 4.79 Å². The van der Waals surface area contributed by atoms with Crippen molar-refractivity contribution in [3.63, 3.8) is 0 Å². The Kier molecular flexibility index (Phi) is 2.99. The minimum Gasteiger partial charge on any atom is -0.336 e. The third kappa shape index (κ3) is 1.97. The first-order valence-electron chi connectivity index (χ1n) is 6.00. The summed E-state index contributed by atoms with van der Waals surface area (Å²) in [5.74, 6) is 0.655. The molecule has 1 aromatic rings. The SMILES string of the molecule is CC(C)c1cccc(C(=O)N2CCC2C)c1. The van der Waals surface area contributed by atoms with Gasteiger partial charge in [0.05, 0.1) is 0 Å². The molecule has 0 bridgehead atoms. The summed E-state index contributed by atoms with van der Waals surface area (Å²) in [6.45, 7) is 7.31. The van der Waals surface area contributed by atoms with Gasteiger partial charge in [-0.1, -0.05) is 26.0 Å². The highest BCUT2D eigenvalue weighted by atomic mass is 16.2. The third-order valence-electron chi connectivity index (χ3n) is 3.38. The Hall–Kier alpha value is -1.31. The highest BCUT2D eigenvalue weighted by Gasteiger charge is 2.28. The van der Waals surface area contributed by atoms with Gasteiger partial charge in [0.25, 0.3) is 5.91 Å². The van der Waals surface area contributed by atoms with Crippen LogP contribution in [-0.4, -0.2) is 23.4 Å². The van der Waals surface area contributed by atoms with Gasteiger partial charge in [0, 0.05) is 18.2 Å². The number of hydrogen-bond acceptors (Lipinski definition) is 1. The molecule has 2 rings (SSSR count). The largest absolute Gasteiger partial charge is 0.336 e. The molecule has 0 spiro atoms. The minimum absolute atomic E-state index is 0.182. The van der Waals surface area contributed by atoms with Crippen molar-refractivity contribution in [2.24, 2.45) is 0 Å². The van der Waals surface area contributed by atoms with E-state index in [-0.39, 0.29) is 5.91 Å². The molecule has 0 saturated carbocycles. The Morgan fingerprint density at radius 3 is 2.69 bits per heavy atom. The number of nitrogens with zero attached hydrogens (tertiary/aromatic N) is 1. The van der Waals surface area contributed by atoms with Crippen LogP contribution in [0.1, 0.15) is 49.0 Å². The van der Waals surface area contributed by atoms with Crippen molar-refractivity contribution in [2.45, 2.75) is 39.2 Å². The lowest BCUT2D eigenvalue weighted by Crippen LogP contribution is -2.49. The van der Waals surface area contributed by atoms with E-state index in [4.69, 9.17) is 0 Å². The van der Waals surface area contributed by atoms with Gasteiger partial charge in [-0.2, -0.15) is 0 Å². The van der Waals surface area contributed by atoms with Crippen LogP contribution in [0.4, 0.5) is 0 Å². The van der Waals surface area contributed by atoms with Crippen LogP contribution in [0, 0.1) is 0 Å². The van der Waals surface area contributed by atoms with Crippen molar-refractivity contribution in [1.29, 1.82) is 0 Å². The number of likely N-dealkylation sites (tertiary alicyclic amines) is 1. The standard InChI is InChI=1S/C14H19NO/c1-10(2)12-5-4-6-13(9-12)14(16)15-8-7-11(15)3/h4-6,9-11H,7-8H2,1-3H3. The molecular weight excluding hydrogens is 198 g/mol. The second-order valence-electron chi connectivity index (χ2n) is 4.92. The fourth-order valence-corrected chi connectivity index (χ4v) is 2.01. The lowest BCUT2D eigenvalue weighted by Gasteiger charge is -2.38. The van der Waals surface area contributed by atoms with Crippen molar-refractivity contribution in [3.05, 3.63) is 35.4 Å². The van der Waals surface area contributed by atoms with Crippen LogP contribution in [-0.2, 0) is 0 Å². The van der Waals surface area contributed by atoms with Crippen molar-refractivity contribution in [1.82, 2.24) is 4.90 Å². The topological polar surface area (TPSA) is 20.3 Å². The zero-order valence-corrected chi connectivity index (χ0v) is 10.2. The van der Waals surface area contributed by atoms with Gasteiger partial charge in [-0.3, -0.25) is 4.79 Å². The van der Waals surface area contributed by atoms with Gasteiger partial charge in [0.15, 0.2) is 0 Å². The van der Waals surface area contributed by atoms with Crippen LogP contribution in [0.15, 0.2) is 24.3 Å². The number of hydrogen-bond donors (Lipinski definition) is 0. The molecule has 0 aliphatic carbocycles. The molecule has 1 amide bonds. The van der Waals surface area contributed by atoms with Gasteiger partial charge in [0.1, 0.15) is 0 Å². The maximum atomic E-state index is 12.1. The first-order chi connectivity index (χ1) is 7.59. The first kappa shape index (κ1) is 11.2. The van der Waals surface area contributed by atoms with Crippen molar-refractivity contribution in [3.8, 4) is 0 Å². The number of carbonyl (C=O) groups is 1. The van der Waals surface area contributed by atoms with Gasteiger partial charge in [-0.15, -0.1) is 0 Å². The lowest BCUT2D eigenvalue weighted by atomic mass is 9.98. The second kappa shape index (κ2) is 4.28. The molecule has 1 aliphatic heterocycles. The van der Waals surface area contributed by atoms with Gasteiger partial charge in [-0.05, 0) is 37.0 Å². The summed E-state index contributed by atoms with van der Waals surface area (Å²) >= 11 is 0. The van der Waals surface area contributed by atoms with Crippen molar-refractivity contribution in [2.75, 3.05) is 6.54 Å². The Labute approximate surface area is 97.3 Å². The molecule has 16 heavy (non-hydrogen) atoms. The molecule has 2 heteroatoms. The molecule has 1 unspecified atom stereocenters. The highest BCUT2D eigenvalue weighted by molar-refractivity contribution is 5.95. The lowest BCUT2D eigenvalue weighted by molar-refractivity contribution is 0.0502. The molecule has 1 saturated heterocycles. The normalized spacial score (nSPS) is 19.8. The molecule has 0 N–H and O–H groups in total. The molecule has 86 valence electrons. The summed E-state index contributed by atoms with van der Waals surface area (Å²) in [5, 5.41) is 0. The minimum atomic E-state index is 0.182. The van der Waals surface area contributed by atoms with E-state index in [2.05, 4.69) is 26.8 Å². The van der Waals surface area contributed by atoms with E-state index in [1.165, 1.54) is 5.56 Å². The third-order valence-corrected chi connectivity index (χ3v) is 3.38. The summed E-state index contributed by atoms with van der Waals surface area (Å²) in [4.78, 5) is 14.1. The number of rotatable bonds is 2. The summed E-state index contributed by atoms with van der Waals surface area (Å²) in [5.41, 5.74) is 2.07. The van der Waals surface area contributed by atoms with E-state index in [1.807, 2.05) is 23.1 Å². The fourth-order valence-electron chi connectivity index (χ4n) is 2.01. The van der Waals surface area contributed by atoms with E-state index in [1.54, 1.807) is 0 Å². The van der Waals surface area contributed by atoms with Gasteiger partial charge < -0.3 is 4.90 Å². The highest BCUT2D eigenvalue weighted by Crippen LogP contribution is 2.22. The average molecular weight is 217 g/mol. The van der Waals surface area contributed by atoms with E-state index < -0.39 is 0 Å². The van der Waals surface area contributed by atoms with Crippen LogP contribution < -0.4 is 0 Å². The van der Waals surface area contributed by atoms with Gasteiger partial charge >= 0.3 is 0 Å². The van der Waals surface area contributed by atoms with Crippen LogP contribution in [0.25, 0.3) is 0 Å². The molecule has 1 heterocycles. The summed E-state index contributed by atoms with van der Waals surface area (Å²) in [6, 6.07) is 8.42. The Morgan fingerprint density at radius 2 is 2.19 bits per heavy atom. The molecule has 2 nitrogen and oxygen atoms in total. The summed E-state index contributed by atoms with van der Waals surface area (Å²) in [7, 11) is 0. The number of carbonyl (C=O) groups excluding carboxylic acids is 1. The Bertz CT molecular complexity index is 397. The maximum Gasteiger partial charge on any atom is 0.254 e. The quantitative estimate of drug-likeness (QED) is 0.745. The fraction of sp³-hybridized carbons (Fsp3) is 0.500. The Morgan fingerprint density at radius 1 is 1.44 bits per heavy atom. The predicted octanol–water partition coefficient (Wildman–Crippen LogP) is 3.04. The van der Waals surface area contributed by atoms with E-state index in [0.717, 1.165) is 18.5 Å². The van der Waals surface area contributed by atoms with E-state index in [0.29, 0.717) is 12.0 Å². The maximum absolute atomic E-state index is 12.1. The monoisotopic (exact) mass is 217 g/mol. The predicted molar refractivity (Wildman–Crippen MR) is 65.6 cm³/mol. The number of benzene rings is 1. The van der Waals surface area contributed by atoms with E-state index >= 15 is 0 Å².